The minimum absolute atomic E-state index is 0.747. The lowest BCUT2D eigenvalue weighted by Crippen LogP contribution is -2.05. The van der Waals surface area contributed by atoms with Gasteiger partial charge in [-0.2, -0.15) is 0 Å². The number of hydrogen-bond acceptors (Lipinski definition) is 1. The second-order valence-corrected chi connectivity index (χ2v) is 5.39. The van der Waals surface area contributed by atoms with Crippen LogP contribution in [-0.4, -0.2) is 13.3 Å². The molecule has 0 aromatic carbocycles. The van der Waals surface area contributed by atoms with Gasteiger partial charge in [0.25, 0.3) is 0 Å². The molecule has 0 fully saturated rings. The van der Waals surface area contributed by atoms with Gasteiger partial charge in [-0.3, -0.25) is 0 Å². The van der Waals surface area contributed by atoms with Gasteiger partial charge in [0.05, 0.1) is 0 Å². The van der Waals surface area contributed by atoms with Crippen molar-refractivity contribution in [1.82, 2.24) is 0 Å². The van der Waals surface area contributed by atoms with Crippen molar-refractivity contribution in [3.8, 4) is 0 Å². The molecule has 0 aliphatic carbocycles. The Bertz CT molecular complexity index is 218. The van der Waals surface area contributed by atoms with Gasteiger partial charge >= 0.3 is 0 Å². The number of aliphatic imine (C=N–C) groups is 1. The van der Waals surface area contributed by atoms with Crippen molar-refractivity contribution in [2.75, 3.05) is 7.05 Å². The smallest absolute Gasteiger partial charge is 0.0273 e. The summed E-state index contributed by atoms with van der Waals surface area (Å²) < 4.78 is 0. The molecule has 100 valence electrons. The van der Waals surface area contributed by atoms with Crippen molar-refractivity contribution < 1.29 is 0 Å². The Balaban J connectivity index is 3.82. The van der Waals surface area contributed by atoms with Gasteiger partial charge in [-0.1, -0.05) is 45.3 Å². The van der Waals surface area contributed by atoms with E-state index in [9.17, 15) is 0 Å². The molecule has 1 heteroatoms. The van der Waals surface area contributed by atoms with Crippen molar-refractivity contribution >= 4 is 6.21 Å². The topological polar surface area (TPSA) is 12.4 Å². The van der Waals surface area contributed by atoms with Gasteiger partial charge in [-0.15, -0.1) is 0 Å². The predicted octanol–water partition coefficient (Wildman–Crippen LogP) is 5.27. The molecule has 0 aromatic heterocycles. The van der Waals surface area contributed by atoms with E-state index in [0.717, 1.165) is 18.3 Å². The molecule has 0 aromatic rings. The predicted molar refractivity (Wildman–Crippen MR) is 79.9 cm³/mol. The second kappa shape index (κ2) is 10.6. The number of unbranched alkanes of at least 4 members (excludes halogenated alkanes) is 1. The van der Waals surface area contributed by atoms with Crippen LogP contribution in [0.15, 0.2) is 17.1 Å². The quantitative estimate of drug-likeness (QED) is 0.363. The van der Waals surface area contributed by atoms with Crippen LogP contribution in [0.2, 0.25) is 0 Å². The highest BCUT2D eigenvalue weighted by atomic mass is 14.6. The van der Waals surface area contributed by atoms with E-state index < -0.39 is 0 Å². The normalized spacial score (nSPS) is 15.1. The van der Waals surface area contributed by atoms with Gasteiger partial charge in [0.1, 0.15) is 0 Å². The molecular formula is C16H31N. The fourth-order valence-electron chi connectivity index (χ4n) is 2.21. The van der Waals surface area contributed by atoms with Crippen LogP contribution in [0.25, 0.3) is 0 Å². The Hall–Kier alpha value is -0.590. The van der Waals surface area contributed by atoms with Crippen molar-refractivity contribution in [2.45, 2.75) is 65.7 Å². The maximum absolute atomic E-state index is 4.14. The van der Waals surface area contributed by atoms with Crippen LogP contribution in [0.3, 0.4) is 0 Å². The summed E-state index contributed by atoms with van der Waals surface area (Å²) in [5.74, 6) is 1.56. The minimum atomic E-state index is 0.747. The summed E-state index contributed by atoms with van der Waals surface area (Å²) in [6, 6.07) is 0. The number of hydrogen-bond donors (Lipinski definition) is 0. The van der Waals surface area contributed by atoms with E-state index in [4.69, 9.17) is 0 Å². The largest absolute Gasteiger partial charge is 0.301 e. The lowest BCUT2D eigenvalue weighted by atomic mass is 9.87. The molecule has 17 heavy (non-hydrogen) atoms. The summed E-state index contributed by atoms with van der Waals surface area (Å²) in [6.07, 6.45) is 11.1. The lowest BCUT2D eigenvalue weighted by molar-refractivity contribution is 0.408. The molecule has 0 saturated carbocycles. The molecule has 2 unspecified atom stereocenters. The molecule has 0 aliphatic rings. The molecule has 0 saturated heterocycles. The molecular weight excluding hydrogens is 206 g/mol. The van der Waals surface area contributed by atoms with E-state index in [0.29, 0.717) is 0 Å². The fraction of sp³-hybridized carbons (Fsp3) is 0.812. The molecule has 2 atom stereocenters. The summed E-state index contributed by atoms with van der Waals surface area (Å²) in [4.78, 5) is 4.03. The molecule has 0 bridgehead atoms. The third-order valence-corrected chi connectivity index (χ3v) is 3.58. The molecule has 0 aliphatic heterocycles. The summed E-state index contributed by atoms with van der Waals surface area (Å²) in [5.41, 5.74) is 1.38. The van der Waals surface area contributed by atoms with E-state index in [1.165, 1.54) is 44.1 Å². The van der Waals surface area contributed by atoms with Crippen LogP contribution in [0.4, 0.5) is 0 Å². The van der Waals surface area contributed by atoms with Crippen LogP contribution in [0, 0.1) is 11.8 Å². The highest BCUT2D eigenvalue weighted by Crippen LogP contribution is 2.25. The first-order valence-corrected chi connectivity index (χ1v) is 7.17. The molecule has 0 spiro atoms. The molecule has 0 N–H and O–H groups in total. The monoisotopic (exact) mass is 237 g/mol. The standard InChI is InChI=1S/C16H31N/c1-6-7-10-16(14(2)3)12-11-15(4)9-8-13-17-5/h13,15-16H,2,6-12H2,1,3-5H3. The van der Waals surface area contributed by atoms with Gasteiger partial charge in [0.2, 0.25) is 0 Å². The number of rotatable bonds is 10. The molecule has 0 heterocycles. The molecule has 0 rings (SSSR count). The van der Waals surface area contributed by atoms with Gasteiger partial charge < -0.3 is 4.99 Å². The maximum Gasteiger partial charge on any atom is 0.0273 e. The van der Waals surface area contributed by atoms with Gasteiger partial charge in [-0.25, -0.2) is 0 Å². The Kier molecular flexibility index (Phi) is 10.2. The average molecular weight is 237 g/mol. The first-order valence-electron chi connectivity index (χ1n) is 7.17. The van der Waals surface area contributed by atoms with E-state index in [2.05, 4.69) is 32.3 Å². The van der Waals surface area contributed by atoms with Gasteiger partial charge in [0.15, 0.2) is 0 Å². The zero-order valence-corrected chi connectivity index (χ0v) is 12.3. The molecule has 0 radical (unpaired) electrons. The first kappa shape index (κ1) is 16.4. The Labute approximate surface area is 108 Å². The average Bonchev–Trinajstić information content (AvgIpc) is 2.29. The highest BCUT2D eigenvalue weighted by Gasteiger charge is 2.11. The highest BCUT2D eigenvalue weighted by molar-refractivity contribution is 5.56. The van der Waals surface area contributed by atoms with E-state index in [-0.39, 0.29) is 0 Å². The minimum Gasteiger partial charge on any atom is -0.301 e. The summed E-state index contributed by atoms with van der Waals surface area (Å²) in [5, 5.41) is 0. The third-order valence-electron chi connectivity index (χ3n) is 3.58. The summed E-state index contributed by atoms with van der Waals surface area (Å²) in [7, 11) is 1.85. The first-order chi connectivity index (χ1) is 8.11. The van der Waals surface area contributed by atoms with E-state index in [1.807, 2.05) is 13.3 Å². The SMILES string of the molecule is C=C(C)C(CCCC)CCC(C)CCC=NC. The zero-order valence-electron chi connectivity index (χ0n) is 12.3. The summed E-state index contributed by atoms with van der Waals surface area (Å²) >= 11 is 0. The van der Waals surface area contributed by atoms with Crippen LogP contribution < -0.4 is 0 Å². The van der Waals surface area contributed by atoms with Crippen LogP contribution in [0.5, 0.6) is 0 Å². The third kappa shape index (κ3) is 9.14. The van der Waals surface area contributed by atoms with Crippen LogP contribution in [-0.2, 0) is 0 Å². The zero-order chi connectivity index (χ0) is 13.1. The van der Waals surface area contributed by atoms with E-state index >= 15 is 0 Å². The number of allylic oxidation sites excluding steroid dienone is 1. The van der Waals surface area contributed by atoms with Crippen molar-refractivity contribution in [2.24, 2.45) is 16.8 Å². The maximum atomic E-state index is 4.14. The van der Waals surface area contributed by atoms with E-state index in [1.54, 1.807) is 0 Å². The van der Waals surface area contributed by atoms with Crippen LogP contribution >= 0.6 is 0 Å². The Morgan fingerprint density at radius 1 is 1.24 bits per heavy atom. The Morgan fingerprint density at radius 3 is 2.47 bits per heavy atom. The number of nitrogens with zero attached hydrogens (tertiary/aromatic N) is 1. The molecule has 1 nitrogen and oxygen atoms in total. The van der Waals surface area contributed by atoms with Crippen LogP contribution in [0.1, 0.15) is 65.7 Å². The Morgan fingerprint density at radius 2 is 1.94 bits per heavy atom. The van der Waals surface area contributed by atoms with Gasteiger partial charge in [0, 0.05) is 7.05 Å². The van der Waals surface area contributed by atoms with Crippen molar-refractivity contribution in [3.63, 3.8) is 0 Å². The molecule has 0 amide bonds. The summed E-state index contributed by atoms with van der Waals surface area (Å²) in [6.45, 7) is 11.0. The second-order valence-electron chi connectivity index (χ2n) is 5.39. The fourth-order valence-corrected chi connectivity index (χ4v) is 2.21. The van der Waals surface area contributed by atoms with Gasteiger partial charge in [-0.05, 0) is 50.7 Å². The lowest BCUT2D eigenvalue weighted by Gasteiger charge is -2.19. The van der Waals surface area contributed by atoms with Crippen molar-refractivity contribution in [3.05, 3.63) is 12.2 Å². The van der Waals surface area contributed by atoms with Crippen molar-refractivity contribution in [1.29, 1.82) is 0 Å².